The lowest BCUT2D eigenvalue weighted by molar-refractivity contribution is 0.660. The lowest BCUT2D eigenvalue weighted by Crippen LogP contribution is -2.15. The highest BCUT2D eigenvalue weighted by Crippen LogP contribution is 2.52. The van der Waals surface area contributed by atoms with Crippen LogP contribution in [0.1, 0.15) is 49.9 Å². The molecular formula is C99H67N7. The monoisotopic (exact) mass is 1350 g/mol. The van der Waals surface area contributed by atoms with E-state index in [1.807, 2.05) is 18.2 Å². The molecule has 0 radical (unpaired) electrons. The fourth-order valence-corrected chi connectivity index (χ4v) is 18.2. The van der Waals surface area contributed by atoms with E-state index in [9.17, 15) is 0 Å². The molecule has 0 saturated heterocycles. The summed E-state index contributed by atoms with van der Waals surface area (Å²) in [6.45, 7) is 9.43. The lowest BCUT2D eigenvalue weighted by Gasteiger charge is -2.22. The summed E-state index contributed by atoms with van der Waals surface area (Å²) in [5.41, 5.74) is 31.9. The zero-order valence-corrected chi connectivity index (χ0v) is 58.9. The minimum Gasteiger partial charge on any atom is -0.309 e. The molecule has 15 aromatic carbocycles. The molecule has 0 unspecified atom stereocenters. The Morgan fingerprint density at radius 1 is 0.198 bits per heavy atom. The average molecular weight is 1350 g/mol. The number of aromatic nitrogens is 7. The smallest absolute Gasteiger partial charge is 0.238 e. The molecule has 0 N–H and O–H groups in total. The summed E-state index contributed by atoms with van der Waals surface area (Å²) in [5.74, 6) is 1.76. The first-order valence-corrected chi connectivity index (χ1v) is 36.7. The molecule has 0 amide bonds. The van der Waals surface area contributed by atoms with Crippen LogP contribution in [-0.4, -0.2) is 33.2 Å². The highest BCUT2D eigenvalue weighted by molar-refractivity contribution is 6.15. The fraction of sp³-hybridized carbons (Fsp3) is 0.0606. The fourth-order valence-electron chi connectivity index (χ4n) is 18.2. The third-order valence-corrected chi connectivity index (χ3v) is 23.5. The molecule has 0 bridgehead atoms. The van der Waals surface area contributed by atoms with Gasteiger partial charge in [0.05, 0.1) is 44.1 Å². The number of hydrogen-bond acceptors (Lipinski definition) is 3. The van der Waals surface area contributed by atoms with Crippen LogP contribution in [0.3, 0.4) is 0 Å². The van der Waals surface area contributed by atoms with Crippen molar-refractivity contribution in [3.05, 3.63) is 356 Å². The molecule has 5 heterocycles. The zero-order valence-electron chi connectivity index (χ0n) is 58.9. The first kappa shape index (κ1) is 60.1. The Kier molecular flexibility index (Phi) is 12.8. The summed E-state index contributed by atoms with van der Waals surface area (Å²) >= 11 is 0. The topological polar surface area (TPSA) is 58.4 Å². The van der Waals surface area contributed by atoms with E-state index in [-0.39, 0.29) is 10.8 Å². The Balaban J connectivity index is 0.578. The Morgan fingerprint density at radius 2 is 0.491 bits per heavy atom. The summed E-state index contributed by atoms with van der Waals surface area (Å²) in [7, 11) is 0. The van der Waals surface area contributed by atoms with E-state index in [2.05, 4.69) is 361 Å². The highest BCUT2D eigenvalue weighted by atomic mass is 15.2. The Morgan fingerprint density at radius 3 is 0.915 bits per heavy atom. The van der Waals surface area contributed by atoms with Crippen molar-refractivity contribution in [2.45, 2.75) is 38.5 Å². The summed E-state index contributed by atoms with van der Waals surface area (Å²) in [6, 6.07) is 123. The van der Waals surface area contributed by atoms with Crippen LogP contribution in [0.2, 0.25) is 0 Å². The molecule has 106 heavy (non-hydrogen) atoms. The molecule has 0 fully saturated rings. The van der Waals surface area contributed by atoms with Crippen LogP contribution < -0.4 is 0 Å². The highest BCUT2D eigenvalue weighted by Gasteiger charge is 2.37. The number of rotatable bonds is 9. The SMILES string of the molecule is CC1(C)c2ccccc2-c2ccc(-n3c4ccccc4c4cc(-c5ccc6c(c5)c5ccccc5n6-c5ccc(-c6ccc(-c7nc(-c8ccccc8)nc(-n8c9ccccc9c9cc(-c%10ccc%11c(c%10)c%10ccccc%10n%11-c%10ccc%11c(c%10)C(C)(C)c%10ccccc%10-%11)ccc98)n7)cc6)cc5)ccc43)cc21. The lowest BCUT2D eigenvalue weighted by atomic mass is 9.82. The van der Waals surface area contributed by atoms with Gasteiger partial charge >= 0.3 is 0 Å². The molecule has 0 aliphatic heterocycles. The molecule has 7 nitrogen and oxygen atoms in total. The standard InChI is InChI=1S/C99H67N7/c1-98(2)83-28-14-8-22-71(83)73-48-46-69(58-85(73)98)104-88-31-17-11-25-76(88)80-55-65(41-51-92(80)104)64-40-50-91-79(54-64)75-24-10-16-30-87(75)103(91)68-44-38-61(39-45-68)60-34-36-63(37-35-60)96-100-95(62-20-6-5-7-21-62)101-97(102-96)106-90-33-19-13-27-78(90)82-57-67(43-53-94(82)106)66-42-52-93-81(56-66)77-26-12-18-32-89(77)105(93)70-47-49-74-72-23-9-15-29-84(72)99(3,4)86(74)59-70/h5-59H,1-4H3. The van der Waals surface area contributed by atoms with Gasteiger partial charge in [0.25, 0.3) is 0 Å². The van der Waals surface area contributed by atoms with Gasteiger partial charge in [-0.3, -0.25) is 4.57 Å². The van der Waals surface area contributed by atoms with Crippen molar-refractivity contribution in [2.75, 3.05) is 0 Å². The second-order valence-electron chi connectivity index (χ2n) is 29.9. The van der Waals surface area contributed by atoms with Gasteiger partial charge in [0.1, 0.15) is 0 Å². The van der Waals surface area contributed by atoms with E-state index < -0.39 is 0 Å². The summed E-state index contributed by atoms with van der Waals surface area (Å²) in [6.07, 6.45) is 0. The third kappa shape index (κ3) is 8.83. The van der Waals surface area contributed by atoms with E-state index >= 15 is 0 Å². The maximum Gasteiger partial charge on any atom is 0.238 e. The molecule has 0 saturated carbocycles. The average Bonchev–Trinajstić information content (AvgIpc) is 1.57. The quantitative estimate of drug-likeness (QED) is 0.145. The molecule has 0 spiro atoms. The molecule has 22 rings (SSSR count). The van der Waals surface area contributed by atoms with Crippen molar-refractivity contribution in [1.29, 1.82) is 0 Å². The molecule has 0 atom stereocenters. The zero-order chi connectivity index (χ0) is 70.3. The Labute approximate surface area is 612 Å². The van der Waals surface area contributed by atoms with Crippen molar-refractivity contribution in [1.82, 2.24) is 33.2 Å². The largest absolute Gasteiger partial charge is 0.309 e. The van der Waals surface area contributed by atoms with E-state index in [0.717, 1.165) is 66.4 Å². The van der Waals surface area contributed by atoms with Gasteiger partial charge in [-0.2, -0.15) is 9.97 Å². The van der Waals surface area contributed by atoms with Gasteiger partial charge in [-0.25, -0.2) is 4.98 Å². The second kappa shape index (κ2) is 22.5. The summed E-state index contributed by atoms with van der Waals surface area (Å²) < 4.78 is 9.52. The molecule has 20 aromatic rings. The van der Waals surface area contributed by atoms with Crippen LogP contribution in [0.5, 0.6) is 0 Å². The minimum absolute atomic E-state index is 0.0926. The molecule has 7 heteroatoms. The van der Waals surface area contributed by atoms with Crippen LogP contribution in [-0.2, 0) is 10.8 Å². The number of fused-ring (bicyclic) bond motifs is 18. The second-order valence-corrected chi connectivity index (χ2v) is 29.9. The van der Waals surface area contributed by atoms with Crippen molar-refractivity contribution in [2.24, 2.45) is 0 Å². The number of hydrogen-bond donors (Lipinski definition) is 0. The van der Waals surface area contributed by atoms with Crippen molar-refractivity contribution in [3.63, 3.8) is 0 Å². The van der Waals surface area contributed by atoms with Crippen molar-refractivity contribution in [3.8, 4) is 101 Å². The van der Waals surface area contributed by atoms with E-state index in [1.165, 1.54) is 127 Å². The van der Waals surface area contributed by atoms with E-state index in [0.29, 0.717) is 17.6 Å². The van der Waals surface area contributed by atoms with Gasteiger partial charge < -0.3 is 13.7 Å². The van der Waals surface area contributed by atoms with Gasteiger partial charge in [0, 0.05) is 82.1 Å². The maximum absolute atomic E-state index is 5.38. The minimum atomic E-state index is -0.105. The maximum atomic E-state index is 5.38. The van der Waals surface area contributed by atoms with Gasteiger partial charge in [-0.05, 0) is 187 Å². The normalized spacial score (nSPS) is 13.4. The van der Waals surface area contributed by atoms with Gasteiger partial charge in [0.15, 0.2) is 11.6 Å². The number of nitrogens with zero attached hydrogens (tertiary/aromatic N) is 7. The third-order valence-electron chi connectivity index (χ3n) is 23.5. The van der Waals surface area contributed by atoms with E-state index in [1.54, 1.807) is 0 Å². The Hall–Kier alpha value is -13.5. The molecular weight excluding hydrogens is 1290 g/mol. The number of para-hydroxylation sites is 4. The first-order valence-electron chi connectivity index (χ1n) is 36.7. The molecule has 5 aromatic heterocycles. The first-order chi connectivity index (χ1) is 52.1. The number of benzene rings is 15. The molecule has 2 aliphatic carbocycles. The Bertz CT molecular complexity index is 7120. The van der Waals surface area contributed by atoms with Crippen LogP contribution in [0.25, 0.3) is 189 Å². The van der Waals surface area contributed by atoms with Crippen molar-refractivity contribution >= 4 is 87.2 Å². The predicted octanol–water partition coefficient (Wildman–Crippen LogP) is 25.2. The molecule has 2 aliphatic rings. The van der Waals surface area contributed by atoms with Crippen LogP contribution in [0.15, 0.2) is 334 Å². The van der Waals surface area contributed by atoms with Gasteiger partial charge in [-0.1, -0.05) is 252 Å². The summed E-state index contributed by atoms with van der Waals surface area (Å²) in [4.78, 5) is 15.9. The van der Waals surface area contributed by atoms with E-state index in [4.69, 9.17) is 15.0 Å². The van der Waals surface area contributed by atoms with Crippen LogP contribution in [0.4, 0.5) is 0 Å². The van der Waals surface area contributed by atoms with Gasteiger partial charge in [0.2, 0.25) is 5.95 Å². The van der Waals surface area contributed by atoms with Crippen molar-refractivity contribution < 1.29 is 0 Å². The van der Waals surface area contributed by atoms with Crippen LogP contribution >= 0.6 is 0 Å². The summed E-state index contributed by atoms with van der Waals surface area (Å²) in [5, 5.41) is 9.61. The predicted molar refractivity (Wildman–Crippen MR) is 439 cm³/mol. The molecule has 498 valence electrons. The van der Waals surface area contributed by atoms with Gasteiger partial charge in [-0.15, -0.1) is 0 Å². The van der Waals surface area contributed by atoms with Crippen LogP contribution in [0, 0.1) is 0 Å².